The number of nitrogens with zero attached hydrogens (tertiary/aromatic N) is 1. The molecular formula is C11H14N2O5. The molecule has 1 amide bonds. The number of para-hydroxylation sites is 1. The van der Waals surface area contributed by atoms with Gasteiger partial charge < -0.3 is 15.5 Å². The fraction of sp³-hybridized carbons (Fsp3) is 0.364. The van der Waals surface area contributed by atoms with Gasteiger partial charge >= 0.3 is 0 Å². The zero-order valence-electron chi connectivity index (χ0n) is 9.74. The predicted octanol–water partition coefficient (Wildman–Crippen LogP) is 0.125. The van der Waals surface area contributed by atoms with Gasteiger partial charge in [-0.25, -0.2) is 0 Å². The van der Waals surface area contributed by atoms with Gasteiger partial charge in [0.2, 0.25) is 5.91 Å². The summed E-state index contributed by atoms with van der Waals surface area (Å²) in [6.45, 7) is 1.09. The van der Waals surface area contributed by atoms with Crippen molar-refractivity contribution >= 4 is 11.6 Å². The molecular weight excluding hydrogens is 240 g/mol. The number of nitro benzene ring substituents is 1. The van der Waals surface area contributed by atoms with Crippen LogP contribution in [0.25, 0.3) is 0 Å². The number of hydrogen-bond acceptors (Lipinski definition) is 5. The molecule has 1 rings (SSSR count). The van der Waals surface area contributed by atoms with E-state index in [1.54, 1.807) is 0 Å². The van der Waals surface area contributed by atoms with E-state index in [4.69, 9.17) is 0 Å². The van der Waals surface area contributed by atoms with Crippen molar-refractivity contribution in [2.24, 2.45) is 0 Å². The third-order valence-electron chi connectivity index (χ3n) is 2.38. The average Bonchev–Trinajstić information content (AvgIpc) is 2.34. The Hall–Kier alpha value is -1.99. The van der Waals surface area contributed by atoms with Gasteiger partial charge in [0.15, 0.2) is 0 Å². The van der Waals surface area contributed by atoms with E-state index in [1.807, 2.05) is 0 Å². The molecule has 0 saturated carbocycles. The largest absolute Gasteiger partial charge is 0.388 e. The minimum atomic E-state index is -1.43. The topological polar surface area (TPSA) is 113 Å². The second-order valence-corrected chi connectivity index (χ2v) is 3.77. The van der Waals surface area contributed by atoms with E-state index in [0.29, 0.717) is 0 Å². The summed E-state index contributed by atoms with van der Waals surface area (Å²) in [4.78, 5) is 20.8. The van der Waals surface area contributed by atoms with Crippen LogP contribution in [-0.4, -0.2) is 33.7 Å². The zero-order chi connectivity index (χ0) is 13.7. The summed E-state index contributed by atoms with van der Waals surface area (Å²) in [5, 5.41) is 32.5. The molecule has 0 aliphatic heterocycles. The predicted molar refractivity (Wildman–Crippen MR) is 62.7 cm³/mol. The van der Waals surface area contributed by atoms with Gasteiger partial charge in [-0.15, -0.1) is 0 Å². The number of aliphatic hydroxyl groups excluding tert-OH is 2. The molecule has 0 aliphatic rings. The molecule has 0 spiro atoms. The number of hydrogen-bond donors (Lipinski definition) is 3. The molecule has 2 unspecified atom stereocenters. The van der Waals surface area contributed by atoms with Gasteiger partial charge in [0.25, 0.3) is 5.69 Å². The third kappa shape index (κ3) is 3.51. The van der Waals surface area contributed by atoms with Crippen LogP contribution in [-0.2, 0) is 4.79 Å². The molecule has 98 valence electrons. The summed E-state index contributed by atoms with van der Waals surface area (Å²) in [5.74, 6) is -0.358. The highest BCUT2D eigenvalue weighted by molar-refractivity contribution is 5.72. The van der Waals surface area contributed by atoms with Crippen molar-refractivity contribution in [3.05, 3.63) is 39.9 Å². The summed E-state index contributed by atoms with van der Waals surface area (Å²) >= 11 is 0. The molecule has 0 radical (unpaired) electrons. The molecule has 3 N–H and O–H groups in total. The highest BCUT2D eigenvalue weighted by atomic mass is 16.6. The van der Waals surface area contributed by atoms with Crippen LogP contribution < -0.4 is 5.32 Å². The van der Waals surface area contributed by atoms with Crippen LogP contribution in [0.4, 0.5) is 5.69 Å². The van der Waals surface area contributed by atoms with Gasteiger partial charge in [-0.2, -0.15) is 0 Å². The van der Waals surface area contributed by atoms with E-state index in [1.165, 1.54) is 31.2 Å². The third-order valence-corrected chi connectivity index (χ3v) is 2.38. The Labute approximate surface area is 103 Å². The maximum atomic E-state index is 10.8. The summed E-state index contributed by atoms with van der Waals surface area (Å²) in [6, 6.07) is 5.59. The Morgan fingerprint density at radius 3 is 2.61 bits per heavy atom. The molecule has 1 aromatic rings. The van der Waals surface area contributed by atoms with Crippen LogP contribution in [0.3, 0.4) is 0 Å². The Morgan fingerprint density at radius 2 is 2.06 bits per heavy atom. The summed E-state index contributed by atoms with van der Waals surface area (Å²) in [6.07, 6.45) is -2.74. The number of nitrogens with one attached hydrogen (secondary N) is 1. The van der Waals surface area contributed by atoms with E-state index >= 15 is 0 Å². The SMILES string of the molecule is CC(=O)NCC(O)C(O)c1ccccc1[N+](=O)[O-]. The van der Waals surface area contributed by atoms with Crippen molar-refractivity contribution < 1.29 is 19.9 Å². The molecule has 0 heterocycles. The number of benzene rings is 1. The number of carbonyl (C=O) groups is 1. The second kappa shape index (κ2) is 6.08. The van der Waals surface area contributed by atoms with Gasteiger partial charge in [0, 0.05) is 19.5 Å². The number of rotatable bonds is 5. The van der Waals surface area contributed by atoms with Gasteiger partial charge in [0.1, 0.15) is 12.2 Å². The quantitative estimate of drug-likeness (QED) is 0.510. The maximum Gasteiger partial charge on any atom is 0.275 e. The first-order valence-corrected chi connectivity index (χ1v) is 5.27. The molecule has 0 bridgehead atoms. The van der Waals surface area contributed by atoms with Crippen LogP contribution in [0, 0.1) is 10.1 Å². The van der Waals surface area contributed by atoms with E-state index in [0.717, 1.165) is 0 Å². The van der Waals surface area contributed by atoms with Gasteiger partial charge in [0.05, 0.1) is 10.5 Å². The fourth-order valence-corrected chi connectivity index (χ4v) is 1.47. The fourth-order valence-electron chi connectivity index (χ4n) is 1.47. The van der Waals surface area contributed by atoms with E-state index in [-0.39, 0.29) is 23.7 Å². The lowest BCUT2D eigenvalue weighted by Crippen LogP contribution is -2.34. The number of nitro groups is 1. The first-order valence-electron chi connectivity index (χ1n) is 5.27. The minimum absolute atomic E-state index is 0.0142. The lowest BCUT2D eigenvalue weighted by atomic mass is 10.0. The summed E-state index contributed by atoms with van der Waals surface area (Å²) in [7, 11) is 0. The van der Waals surface area contributed by atoms with Crippen molar-refractivity contribution in [2.45, 2.75) is 19.1 Å². The Kier molecular flexibility index (Phi) is 4.75. The van der Waals surface area contributed by atoms with Gasteiger partial charge in [-0.05, 0) is 6.07 Å². The minimum Gasteiger partial charge on any atom is -0.388 e. The van der Waals surface area contributed by atoms with E-state index < -0.39 is 17.1 Å². The van der Waals surface area contributed by atoms with Crippen LogP contribution in [0.2, 0.25) is 0 Å². The van der Waals surface area contributed by atoms with Crippen LogP contribution in [0.1, 0.15) is 18.6 Å². The van der Waals surface area contributed by atoms with E-state index in [2.05, 4.69) is 5.32 Å². The maximum absolute atomic E-state index is 10.8. The summed E-state index contributed by atoms with van der Waals surface area (Å²) in [5.41, 5.74) is -0.257. The summed E-state index contributed by atoms with van der Waals surface area (Å²) < 4.78 is 0. The second-order valence-electron chi connectivity index (χ2n) is 3.77. The molecule has 18 heavy (non-hydrogen) atoms. The zero-order valence-corrected chi connectivity index (χ0v) is 9.74. The molecule has 2 atom stereocenters. The smallest absolute Gasteiger partial charge is 0.275 e. The molecule has 0 fully saturated rings. The molecule has 0 aliphatic carbocycles. The molecule has 1 aromatic carbocycles. The highest BCUT2D eigenvalue weighted by Gasteiger charge is 2.25. The average molecular weight is 254 g/mol. The Bertz CT molecular complexity index is 449. The standard InChI is InChI=1S/C11H14N2O5/c1-7(14)12-6-10(15)11(16)8-4-2-3-5-9(8)13(17)18/h2-5,10-11,15-16H,6H2,1H3,(H,12,14). The van der Waals surface area contributed by atoms with Gasteiger partial charge in [-0.1, -0.05) is 12.1 Å². The molecule has 0 aromatic heterocycles. The Balaban J connectivity index is 2.86. The van der Waals surface area contributed by atoms with Crippen LogP contribution in [0.5, 0.6) is 0 Å². The lowest BCUT2D eigenvalue weighted by molar-refractivity contribution is -0.386. The molecule has 7 heteroatoms. The number of aliphatic hydroxyl groups is 2. The van der Waals surface area contributed by atoms with Crippen molar-refractivity contribution in [3.8, 4) is 0 Å². The molecule has 0 saturated heterocycles. The van der Waals surface area contributed by atoms with E-state index in [9.17, 15) is 25.1 Å². The first kappa shape index (κ1) is 14.1. The number of amides is 1. The van der Waals surface area contributed by atoms with Crippen molar-refractivity contribution in [3.63, 3.8) is 0 Å². The van der Waals surface area contributed by atoms with Crippen LogP contribution >= 0.6 is 0 Å². The van der Waals surface area contributed by atoms with Crippen molar-refractivity contribution in [1.82, 2.24) is 5.32 Å². The van der Waals surface area contributed by atoms with Gasteiger partial charge in [-0.3, -0.25) is 14.9 Å². The number of carbonyl (C=O) groups excluding carboxylic acids is 1. The van der Waals surface area contributed by atoms with Crippen molar-refractivity contribution in [2.75, 3.05) is 6.54 Å². The first-order chi connectivity index (χ1) is 8.43. The highest BCUT2D eigenvalue weighted by Crippen LogP contribution is 2.26. The van der Waals surface area contributed by atoms with Crippen molar-refractivity contribution in [1.29, 1.82) is 0 Å². The molecule has 7 nitrogen and oxygen atoms in total. The normalized spacial score (nSPS) is 13.7. The Morgan fingerprint density at radius 1 is 1.44 bits per heavy atom. The lowest BCUT2D eigenvalue weighted by Gasteiger charge is -2.18. The van der Waals surface area contributed by atoms with Crippen LogP contribution in [0.15, 0.2) is 24.3 Å². The monoisotopic (exact) mass is 254 g/mol.